The number of hydrogen-bond donors (Lipinski definition) is 1. The van der Waals surface area contributed by atoms with Gasteiger partial charge in [-0.15, -0.1) is 10.2 Å². The highest BCUT2D eigenvalue weighted by molar-refractivity contribution is 5.99. The fourth-order valence-corrected chi connectivity index (χ4v) is 3.39. The highest BCUT2D eigenvalue weighted by Gasteiger charge is 2.35. The van der Waals surface area contributed by atoms with Crippen molar-refractivity contribution in [2.45, 2.75) is 24.9 Å². The number of aromatic nitrogens is 3. The highest BCUT2D eigenvalue weighted by atomic mass is 16.5. The summed E-state index contributed by atoms with van der Waals surface area (Å²) in [6, 6.07) is 3.92. The van der Waals surface area contributed by atoms with Gasteiger partial charge in [0.05, 0.1) is 30.9 Å². The Morgan fingerprint density at radius 2 is 2.18 bits per heavy atom. The molecule has 0 aromatic carbocycles. The summed E-state index contributed by atoms with van der Waals surface area (Å²) in [6.45, 7) is 3.46. The summed E-state index contributed by atoms with van der Waals surface area (Å²) in [5, 5.41) is 11.0. The van der Waals surface area contributed by atoms with Gasteiger partial charge in [-0.1, -0.05) is 0 Å². The predicted octanol–water partition coefficient (Wildman–Crippen LogP) is 0.322. The van der Waals surface area contributed by atoms with Crippen molar-refractivity contribution < 1.29 is 9.53 Å². The van der Waals surface area contributed by atoms with Crippen LogP contribution in [0, 0.1) is 0 Å². The van der Waals surface area contributed by atoms with Crippen LogP contribution in [0.4, 0.5) is 0 Å². The van der Waals surface area contributed by atoms with Crippen LogP contribution in [0.2, 0.25) is 0 Å². The zero-order valence-corrected chi connectivity index (χ0v) is 12.3. The van der Waals surface area contributed by atoms with Crippen molar-refractivity contribution >= 4 is 11.6 Å². The van der Waals surface area contributed by atoms with E-state index in [9.17, 15) is 4.79 Å². The van der Waals surface area contributed by atoms with E-state index in [1.807, 2.05) is 12.3 Å². The maximum atomic E-state index is 12.6. The highest BCUT2D eigenvalue weighted by Crippen LogP contribution is 2.19. The van der Waals surface area contributed by atoms with E-state index in [1.165, 1.54) is 12.8 Å². The molecule has 2 atom stereocenters. The summed E-state index contributed by atoms with van der Waals surface area (Å²) in [7, 11) is 0. The van der Waals surface area contributed by atoms with E-state index in [0.29, 0.717) is 24.4 Å². The zero-order valence-electron chi connectivity index (χ0n) is 12.3. The molecule has 116 valence electrons. The fourth-order valence-electron chi connectivity index (χ4n) is 3.39. The van der Waals surface area contributed by atoms with Crippen molar-refractivity contribution in [1.82, 2.24) is 24.8 Å². The van der Waals surface area contributed by atoms with Crippen LogP contribution in [-0.4, -0.2) is 63.8 Å². The molecule has 2 aliphatic rings. The van der Waals surface area contributed by atoms with Gasteiger partial charge in [-0.25, -0.2) is 0 Å². The van der Waals surface area contributed by atoms with Crippen LogP contribution >= 0.6 is 0 Å². The SMILES string of the molecule is O=C(N[C@H]1COC[C@@H]1N1CCCC1)c1cccn2cnnc12. The molecule has 2 aliphatic heterocycles. The quantitative estimate of drug-likeness (QED) is 0.884. The second-order valence-electron chi connectivity index (χ2n) is 5.91. The van der Waals surface area contributed by atoms with Crippen molar-refractivity contribution in [2.75, 3.05) is 26.3 Å². The molecule has 0 unspecified atom stereocenters. The Balaban J connectivity index is 1.52. The molecule has 7 nitrogen and oxygen atoms in total. The van der Waals surface area contributed by atoms with Gasteiger partial charge in [0, 0.05) is 6.20 Å². The average Bonchev–Trinajstić information content (AvgIpc) is 3.27. The molecule has 7 heteroatoms. The molecule has 1 N–H and O–H groups in total. The summed E-state index contributed by atoms with van der Waals surface area (Å²) >= 11 is 0. The zero-order chi connectivity index (χ0) is 14.9. The lowest BCUT2D eigenvalue weighted by Crippen LogP contribution is -2.50. The minimum atomic E-state index is -0.113. The molecular weight excluding hydrogens is 282 g/mol. The Kier molecular flexibility index (Phi) is 3.51. The van der Waals surface area contributed by atoms with E-state index < -0.39 is 0 Å². The van der Waals surface area contributed by atoms with Gasteiger partial charge in [-0.05, 0) is 38.1 Å². The smallest absolute Gasteiger partial charge is 0.255 e. The van der Waals surface area contributed by atoms with Crippen molar-refractivity contribution in [3.05, 3.63) is 30.2 Å². The second-order valence-corrected chi connectivity index (χ2v) is 5.91. The molecule has 2 fully saturated rings. The number of rotatable bonds is 3. The largest absolute Gasteiger partial charge is 0.378 e. The van der Waals surface area contributed by atoms with Crippen LogP contribution in [-0.2, 0) is 4.74 Å². The first-order valence-corrected chi connectivity index (χ1v) is 7.74. The Labute approximate surface area is 128 Å². The number of carbonyl (C=O) groups excluding carboxylic acids is 1. The lowest BCUT2D eigenvalue weighted by Gasteiger charge is -2.27. The monoisotopic (exact) mass is 301 g/mol. The van der Waals surface area contributed by atoms with Crippen LogP contribution in [0.25, 0.3) is 5.65 Å². The van der Waals surface area contributed by atoms with E-state index in [0.717, 1.165) is 13.1 Å². The molecule has 1 amide bonds. The van der Waals surface area contributed by atoms with Crippen molar-refractivity contribution in [1.29, 1.82) is 0 Å². The van der Waals surface area contributed by atoms with E-state index >= 15 is 0 Å². The molecule has 2 aromatic rings. The topological polar surface area (TPSA) is 71.8 Å². The number of amides is 1. The number of pyridine rings is 1. The maximum absolute atomic E-state index is 12.6. The summed E-state index contributed by atoms with van der Waals surface area (Å²) in [6.07, 6.45) is 5.89. The Hall–Kier alpha value is -1.99. The predicted molar refractivity (Wildman–Crippen MR) is 79.7 cm³/mol. The molecule has 4 heterocycles. The molecule has 0 saturated carbocycles. The van der Waals surface area contributed by atoms with Gasteiger partial charge in [0.25, 0.3) is 5.91 Å². The van der Waals surface area contributed by atoms with Crippen LogP contribution in [0.5, 0.6) is 0 Å². The Morgan fingerprint density at radius 3 is 3.05 bits per heavy atom. The minimum absolute atomic E-state index is 0.0359. The summed E-state index contributed by atoms with van der Waals surface area (Å²) in [4.78, 5) is 15.0. The van der Waals surface area contributed by atoms with Crippen LogP contribution in [0.15, 0.2) is 24.7 Å². The van der Waals surface area contributed by atoms with E-state index in [1.54, 1.807) is 16.8 Å². The number of likely N-dealkylation sites (tertiary alicyclic amines) is 1. The molecule has 0 radical (unpaired) electrons. The molecular formula is C15H19N5O2. The van der Waals surface area contributed by atoms with Crippen molar-refractivity contribution in [3.8, 4) is 0 Å². The maximum Gasteiger partial charge on any atom is 0.255 e. The van der Waals surface area contributed by atoms with Gasteiger partial charge in [0.1, 0.15) is 6.33 Å². The number of carbonyl (C=O) groups is 1. The Morgan fingerprint density at radius 1 is 1.32 bits per heavy atom. The van der Waals surface area contributed by atoms with E-state index in [4.69, 9.17) is 4.74 Å². The molecule has 0 spiro atoms. The molecule has 0 aliphatic carbocycles. The number of fused-ring (bicyclic) bond motifs is 1. The normalized spacial score (nSPS) is 25.8. The van der Waals surface area contributed by atoms with Gasteiger partial charge in [-0.2, -0.15) is 0 Å². The van der Waals surface area contributed by atoms with Crippen LogP contribution < -0.4 is 5.32 Å². The third-order valence-electron chi connectivity index (χ3n) is 4.54. The third-order valence-corrected chi connectivity index (χ3v) is 4.54. The van der Waals surface area contributed by atoms with Crippen LogP contribution in [0.3, 0.4) is 0 Å². The average molecular weight is 301 g/mol. The molecule has 2 saturated heterocycles. The number of ether oxygens (including phenoxy) is 1. The fraction of sp³-hybridized carbons (Fsp3) is 0.533. The summed E-state index contributed by atoms with van der Waals surface area (Å²) < 4.78 is 7.35. The first-order valence-electron chi connectivity index (χ1n) is 7.74. The van der Waals surface area contributed by atoms with E-state index in [2.05, 4.69) is 20.4 Å². The number of hydrogen-bond acceptors (Lipinski definition) is 5. The van der Waals surface area contributed by atoms with E-state index in [-0.39, 0.29) is 18.0 Å². The first-order chi connectivity index (χ1) is 10.8. The third kappa shape index (κ3) is 2.36. The minimum Gasteiger partial charge on any atom is -0.378 e. The standard InChI is InChI=1S/C15H19N5O2/c21-15(11-4-3-7-20-10-16-18-14(11)20)17-12-8-22-9-13(12)19-5-1-2-6-19/h3-4,7,10,12-13H,1-2,5-6,8-9H2,(H,17,21)/t12-,13-/m0/s1. The Bertz CT molecular complexity index is 679. The molecule has 4 rings (SSSR count). The van der Waals surface area contributed by atoms with Gasteiger partial charge in [0.2, 0.25) is 0 Å². The summed E-state index contributed by atoms with van der Waals surface area (Å²) in [5.41, 5.74) is 1.13. The summed E-state index contributed by atoms with van der Waals surface area (Å²) in [5.74, 6) is -0.113. The van der Waals surface area contributed by atoms with Crippen LogP contribution in [0.1, 0.15) is 23.2 Å². The van der Waals surface area contributed by atoms with Gasteiger partial charge >= 0.3 is 0 Å². The van der Waals surface area contributed by atoms with Crippen molar-refractivity contribution in [2.24, 2.45) is 0 Å². The lowest BCUT2D eigenvalue weighted by molar-refractivity contribution is 0.0917. The number of nitrogens with zero attached hydrogens (tertiary/aromatic N) is 4. The first kappa shape index (κ1) is 13.7. The lowest BCUT2D eigenvalue weighted by atomic mass is 10.1. The van der Waals surface area contributed by atoms with Gasteiger partial charge < -0.3 is 10.1 Å². The molecule has 2 aromatic heterocycles. The van der Waals surface area contributed by atoms with Gasteiger partial charge in [-0.3, -0.25) is 14.1 Å². The molecule has 0 bridgehead atoms. The van der Waals surface area contributed by atoms with Crippen molar-refractivity contribution in [3.63, 3.8) is 0 Å². The second kappa shape index (κ2) is 5.66. The number of nitrogens with one attached hydrogen (secondary N) is 1. The van der Waals surface area contributed by atoms with Gasteiger partial charge in [0.15, 0.2) is 5.65 Å². The molecule has 22 heavy (non-hydrogen) atoms.